The van der Waals surface area contributed by atoms with Crippen LogP contribution in [0.4, 0.5) is 11.6 Å². The minimum atomic E-state index is 0.867. The Kier molecular flexibility index (Phi) is 2.68. The summed E-state index contributed by atoms with van der Waals surface area (Å²) in [5.74, 6) is 1.87. The fourth-order valence-electron chi connectivity index (χ4n) is 2.10. The molecule has 4 nitrogen and oxygen atoms in total. The van der Waals surface area contributed by atoms with E-state index in [-0.39, 0.29) is 0 Å². The highest BCUT2D eigenvalue weighted by molar-refractivity contribution is 7.10. The Balaban J connectivity index is 1.86. The van der Waals surface area contributed by atoms with Crippen molar-refractivity contribution >= 4 is 23.0 Å². The van der Waals surface area contributed by atoms with Gasteiger partial charge in [-0.3, -0.25) is 0 Å². The molecule has 0 fully saturated rings. The molecule has 3 heterocycles. The molecule has 1 N–H and O–H groups in total. The van der Waals surface area contributed by atoms with Crippen molar-refractivity contribution in [1.29, 1.82) is 0 Å². The van der Waals surface area contributed by atoms with Gasteiger partial charge < -0.3 is 10.2 Å². The minimum absolute atomic E-state index is 0.867. The number of nitrogens with one attached hydrogen (secondary N) is 1. The van der Waals surface area contributed by atoms with E-state index in [1.54, 1.807) is 6.33 Å². The Morgan fingerprint density at radius 2 is 2.35 bits per heavy atom. The minimum Gasteiger partial charge on any atom is -0.373 e. The standard InChI is InChI=1S/C12H14N4S/c1-13-11-6-12(15-8-14-11)16-4-2-10-9(7-16)3-5-17-10/h3,5-6,8H,2,4,7H2,1H3,(H,13,14,15). The first-order valence-corrected chi connectivity index (χ1v) is 6.55. The largest absolute Gasteiger partial charge is 0.373 e. The van der Waals surface area contributed by atoms with Crippen molar-refractivity contribution in [3.8, 4) is 0 Å². The summed E-state index contributed by atoms with van der Waals surface area (Å²) >= 11 is 1.86. The molecule has 0 unspecified atom stereocenters. The molecule has 88 valence electrons. The van der Waals surface area contributed by atoms with Gasteiger partial charge in [-0.25, -0.2) is 9.97 Å². The van der Waals surface area contributed by atoms with Crippen molar-refractivity contribution in [2.24, 2.45) is 0 Å². The van der Waals surface area contributed by atoms with Gasteiger partial charge in [0.2, 0.25) is 0 Å². The van der Waals surface area contributed by atoms with Crippen LogP contribution < -0.4 is 10.2 Å². The molecule has 0 amide bonds. The van der Waals surface area contributed by atoms with Crippen molar-refractivity contribution in [2.45, 2.75) is 13.0 Å². The lowest BCUT2D eigenvalue weighted by Gasteiger charge is -2.27. The Morgan fingerprint density at radius 1 is 1.41 bits per heavy atom. The van der Waals surface area contributed by atoms with E-state index in [0.717, 1.165) is 31.1 Å². The van der Waals surface area contributed by atoms with Crippen LogP contribution >= 0.6 is 11.3 Å². The molecule has 2 aromatic rings. The summed E-state index contributed by atoms with van der Waals surface area (Å²) in [5.41, 5.74) is 1.44. The van der Waals surface area contributed by atoms with Gasteiger partial charge in [-0.15, -0.1) is 11.3 Å². The van der Waals surface area contributed by atoms with E-state index in [9.17, 15) is 0 Å². The number of thiophene rings is 1. The number of aromatic nitrogens is 2. The molecule has 2 aromatic heterocycles. The number of anilines is 2. The first kappa shape index (κ1) is 10.5. The lowest BCUT2D eigenvalue weighted by atomic mass is 10.1. The van der Waals surface area contributed by atoms with E-state index in [4.69, 9.17) is 0 Å². The van der Waals surface area contributed by atoms with E-state index in [1.807, 2.05) is 24.5 Å². The van der Waals surface area contributed by atoms with Gasteiger partial charge in [0.25, 0.3) is 0 Å². The van der Waals surface area contributed by atoms with Gasteiger partial charge in [0.1, 0.15) is 18.0 Å². The van der Waals surface area contributed by atoms with E-state index in [1.165, 1.54) is 10.4 Å². The molecule has 0 atom stereocenters. The zero-order chi connectivity index (χ0) is 11.7. The summed E-state index contributed by atoms with van der Waals surface area (Å²) in [6.07, 6.45) is 2.73. The zero-order valence-electron chi connectivity index (χ0n) is 9.68. The van der Waals surface area contributed by atoms with Crippen molar-refractivity contribution in [1.82, 2.24) is 9.97 Å². The second-order valence-corrected chi connectivity index (χ2v) is 5.05. The van der Waals surface area contributed by atoms with E-state index in [0.29, 0.717) is 0 Å². The van der Waals surface area contributed by atoms with Crippen molar-refractivity contribution in [3.05, 3.63) is 34.3 Å². The molecule has 0 radical (unpaired) electrons. The topological polar surface area (TPSA) is 41.0 Å². The average molecular weight is 246 g/mol. The maximum absolute atomic E-state index is 4.35. The zero-order valence-corrected chi connectivity index (χ0v) is 10.5. The molecule has 1 aliphatic rings. The Morgan fingerprint density at radius 3 is 3.24 bits per heavy atom. The van der Waals surface area contributed by atoms with Crippen molar-refractivity contribution in [2.75, 3.05) is 23.8 Å². The summed E-state index contributed by atoms with van der Waals surface area (Å²) in [7, 11) is 1.87. The smallest absolute Gasteiger partial charge is 0.134 e. The molecular formula is C12H14N4S. The molecule has 5 heteroatoms. The van der Waals surface area contributed by atoms with Crippen LogP contribution in [0.25, 0.3) is 0 Å². The third-order valence-corrected chi connectivity index (χ3v) is 4.06. The van der Waals surface area contributed by atoms with Crippen LogP contribution in [0.3, 0.4) is 0 Å². The van der Waals surface area contributed by atoms with Gasteiger partial charge in [-0.1, -0.05) is 0 Å². The summed E-state index contributed by atoms with van der Waals surface area (Å²) in [5, 5.41) is 5.22. The fourth-order valence-corrected chi connectivity index (χ4v) is 2.99. The summed E-state index contributed by atoms with van der Waals surface area (Å²) in [6, 6.07) is 4.21. The Hall–Kier alpha value is -1.62. The Labute approximate surface area is 104 Å². The summed E-state index contributed by atoms with van der Waals surface area (Å²) < 4.78 is 0. The third kappa shape index (κ3) is 1.98. The fraction of sp³-hybridized carbons (Fsp3) is 0.333. The number of nitrogens with zero attached hydrogens (tertiary/aromatic N) is 3. The molecule has 17 heavy (non-hydrogen) atoms. The van der Waals surface area contributed by atoms with Crippen LogP contribution in [0.2, 0.25) is 0 Å². The molecule has 1 aliphatic heterocycles. The molecule has 0 saturated carbocycles. The lowest BCUT2D eigenvalue weighted by molar-refractivity contribution is 0.730. The van der Waals surface area contributed by atoms with Crippen molar-refractivity contribution < 1.29 is 0 Å². The lowest BCUT2D eigenvalue weighted by Crippen LogP contribution is -2.30. The molecule has 0 saturated heterocycles. The number of hydrogen-bond donors (Lipinski definition) is 1. The van der Waals surface area contributed by atoms with E-state index >= 15 is 0 Å². The van der Waals surface area contributed by atoms with Crippen LogP contribution in [0.5, 0.6) is 0 Å². The molecule has 0 bridgehead atoms. The number of rotatable bonds is 2. The van der Waals surface area contributed by atoms with E-state index in [2.05, 4.69) is 31.6 Å². The SMILES string of the molecule is CNc1cc(N2CCc3sccc3C2)ncn1. The maximum Gasteiger partial charge on any atom is 0.134 e. The predicted molar refractivity (Wildman–Crippen MR) is 70.7 cm³/mol. The monoisotopic (exact) mass is 246 g/mol. The van der Waals surface area contributed by atoms with Gasteiger partial charge >= 0.3 is 0 Å². The Bertz CT molecular complexity index is 523. The molecular weight excluding hydrogens is 232 g/mol. The van der Waals surface area contributed by atoms with Gasteiger partial charge in [0.05, 0.1) is 0 Å². The number of hydrogen-bond acceptors (Lipinski definition) is 5. The van der Waals surface area contributed by atoms with Crippen LogP contribution in [0, 0.1) is 0 Å². The maximum atomic E-state index is 4.35. The highest BCUT2D eigenvalue weighted by Gasteiger charge is 2.18. The van der Waals surface area contributed by atoms with Crippen molar-refractivity contribution in [3.63, 3.8) is 0 Å². The van der Waals surface area contributed by atoms with Crippen LogP contribution in [0.15, 0.2) is 23.8 Å². The molecule has 0 aliphatic carbocycles. The first-order valence-electron chi connectivity index (χ1n) is 5.67. The van der Waals surface area contributed by atoms with Gasteiger partial charge in [-0.05, 0) is 23.4 Å². The van der Waals surface area contributed by atoms with Crippen LogP contribution in [-0.2, 0) is 13.0 Å². The average Bonchev–Trinajstić information content (AvgIpc) is 2.86. The van der Waals surface area contributed by atoms with Gasteiger partial charge in [-0.2, -0.15) is 0 Å². The van der Waals surface area contributed by atoms with Gasteiger partial charge in [0, 0.05) is 31.1 Å². The quantitative estimate of drug-likeness (QED) is 0.881. The van der Waals surface area contributed by atoms with E-state index < -0.39 is 0 Å². The second-order valence-electron chi connectivity index (χ2n) is 4.05. The first-order chi connectivity index (χ1) is 8.36. The normalized spacial score (nSPS) is 14.5. The number of fused-ring (bicyclic) bond motifs is 1. The predicted octanol–water partition coefficient (Wildman–Crippen LogP) is 2.14. The molecule has 0 spiro atoms. The van der Waals surface area contributed by atoms with Gasteiger partial charge in [0.15, 0.2) is 0 Å². The highest BCUT2D eigenvalue weighted by atomic mass is 32.1. The van der Waals surface area contributed by atoms with Crippen LogP contribution in [-0.4, -0.2) is 23.6 Å². The van der Waals surface area contributed by atoms with Crippen LogP contribution in [0.1, 0.15) is 10.4 Å². The third-order valence-electron chi connectivity index (χ3n) is 3.04. The molecule has 3 rings (SSSR count). The highest BCUT2D eigenvalue weighted by Crippen LogP contribution is 2.27. The molecule has 0 aromatic carbocycles. The summed E-state index contributed by atoms with van der Waals surface area (Å²) in [6.45, 7) is 1.99. The summed E-state index contributed by atoms with van der Waals surface area (Å²) in [4.78, 5) is 12.3. The second kappa shape index (κ2) is 4.33.